The summed E-state index contributed by atoms with van der Waals surface area (Å²) in [7, 11) is -3.75. The normalized spacial score (nSPS) is 31.8. The first-order valence-corrected chi connectivity index (χ1v) is 8.77. The quantitative estimate of drug-likeness (QED) is 0.926. The van der Waals surface area contributed by atoms with Gasteiger partial charge in [-0.1, -0.05) is 0 Å². The van der Waals surface area contributed by atoms with Gasteiger partial charge in [-0.2, -0.15) is 4.31 Å². The van der Waals surface area contributed by atoms with E-state index in [2.05, 4.69) is 0 Å². The van der Waals surface area contributed by atoms with Crippen molar-refractivity contribution in [1.29, 1.82) is 0 Å². The van der Waals surface area contributed by atoms with Gasteiger partial charge in [0.25, 0.3) is 10.0 Å². The molecule has 0 amide bonds. The summed E-state index contributed by atoms with van der Waals surface area (Å²) in [6, 6.07) is 1.20. The number of halogens is 1. The van der Waals surface area contributed by atoms with Crippen LogP contribution in [0.2, 0.25) is 0 Å². The zero-order valence-electron chi connectivity index (χ0n) is 10.5. The van der Waals surface area contributed by atoms with Crippen molar-refractivity contribution < 1.29 is 12.8 Å². The average molecular weight is 304 g/mol. The van der Waals surface area contributed by atoms with Gasteiger partial charge >= 0.3 is 0 Å². The topological polar surface area (TPSA) is 63.4 Å². The molecular formula is C12H17FN2O2S2. The van der Waals surface area contributed by atoms with Gasteiger partial charge < -0.3 is 5.73 Å². The Labute approximate surface area is 116 Å². The Morgan fingerprint density at radius 1 is 1.47 bits per heavy atom. The van der Waals surface area contributed by atoms with Gasteiger partial charge in [-0.25, -0.2) is 12.8 Å². The minimum Gasteiger partial charge on any atom is -0.329 e. The molecule has 4 rings (SSSR count). The lowest BCUT2D eigenvalue weighted by Crippen LogP contribution is -2.63. The molecule has 4 nitrogen and oxygen atoms in total. The number of piperidine rings is 2. The van der Waals surface area contributed by atoms with Crippen LogP contribution in [-0.2, 0) is 10.0 Å². The molecule has 1 aliphatic carbocycles. The van der Waals surface area contributed by atoms with Crippen LogP contribution < -0.4 is 5.73 Å². The molecule has 1 saturated carbocycles. The molecule has 0 radical (unpaired) electrons. The summed E-state index contributed by atoms with van der Waals surface area (Å²) in [5, 5.41) is 1.47. The fourth-order valence-electron chi connectivity index (χ4n) is 3.30. The van der Waals surface area contributed by atoms with Gasteiger partial charge in [-0.15, -0.1) is 11.3 Å². The minimum atomic E-state index is -3.75. The Morgan fingerprint density at radius 3 is 2.68 bits per heavy atom. The molecule has 0 atom stereocenters. The van der Waals surface area contributed by atoms with Crippen molar-refractivity contribution in [2.75, 3.05) is 13.1 Å². The third-order valence-electron chi connectivity index (χ3n) is 4.48. The fraction of sp³-hybridized carbons (Fsp3) is 0.667. The van der Waals surface area contributed by atoms with Crippen molar-refractivity contribution in [3.8, 4) is 0 Å². The Hall–Kier alpha value is -0.500. The first-order chi connectivity index (χ1) is 8.99. The highest BCUT2D eigenvalue weighted by atomic mass is 32.2. The molecule has 2 bridgehead atoms. The molecule has 1 aromatic heterocycles. The van der Waals surface area contributed by atoms with Crippen LogP contribution in [0.3, 0.4) is 0 Å². The van der Waals surface area contributed by atoms with E-state index >= 15 is 0 Å². The number of hydrogen-bond donors (Lipinski definition) is 1. The van der Waals surface area contributed by atoms with E-state index in [9.17, 15) is 12.8 Å². The van der Waals surface area contributed by atoms with Crippen LogP contribution in [0, 0.1) is 11.7 Å². The maximum Gasteiger partial charge on any atom is 0.256 e. The monoisotopic (exact) mass is 304 g/mol. The molecule has 2 saturated heterocycles. The second kappa shape index (κ2) is 4.51. The standard InChI is InChI=1S/C12H17FN2O2S2/c13-10-3-6-18-11(10)19(16,17)15-7-9-1-4-12(15,8-14)5-2-9/h3,6,9H,1-2,4-5,7-8,14H2. The second-order valence-corrected chi connectivity index (χ2v) is 8.44. The highest BCUT2D eigenvalue weighted by molar-refractivity contribution is 7.91. The summed E-state index contributed by atoms with van der Waals surface area (Å²) in [6.07, 6.45) is 3.63. The van der Waals surface area contributed by atoms with E-state index in [4.69, 9.17) is 5.73 Å². The first-order valence-electron chi connectivity index (χ1n) is 6.45. The average Bonchev–Trinajstić information content (AvgIpc) is 2.87. The molecule has 3 fully saturated rings. The third-order valence-corrected chi connectivity index (χ3v) is 7.86. The molecular weight excluding hydrogens is 287 g/mol. The number of rotatable bonds is 3. The van der Waals surface area contributed by atoms with Crippen LogP contribution in [0.4, 0.5) is 4.39 Å². The maximum atomic E-state index is 13.6. The summed E-state index contributed by atoms with van der Waals surface area (Å²) in [5.74, 6) is -0.259. The molecule has 106 valence electrons. The van der Waals surface area contributed by atoms with E-state index in [0.29, 0.717) is 19.0 Å². The van der Waals surface area contributed by atoms with Crippen LogP contribution in [0.5, 0.6) is 0 Å². The number of fused-ring (bicyclic) bond motifs is 3. The summed E-state index contributed by atoms with van der Waals surface area (Å²) in [4.78, 5) is 0. The van der Waals surface area contributed by atoms with Crippen molar-refractivity contribution >= 4 is 21.4 Å². The lowest BCUT2D eigenvalue weighted by Gasteiger charge is -2.52. The maximum absolute atomic E-state index is 13.6. The van der Waals surface area contributed by atoms with Crippen LogP contribution in [0.15, 0.2) is 15.7 Å². The van der Waals surface area contributed by atoms with E-state index in [1.54, 1.807) is 0 Å². The SMILES string of the molecule is NCC12CCC(CC1)CN2S(=O)(=O)c1sccc1F. The second-order valence-electron chi connectivity index (χ2n) is 5.46. The highest BCUT2D eigenvalue weighted by Gasteiger charge is 2.51. The number of hydrogen-bond acceptors (Lipinski definition) is 4. The lowest BCUT2D eigenvalue weighted by atomic mass is 9.72. The molecule has 3 heterocycles. The van der Waals surface area contributed by atoms with E-state index < -0.39 is 21.4 Å². The lowest BCUT2D eigenvalue weighted by molar-refractivity contribution is 0.0355. The Balaban J connectivity index is 2.04. The number of thiophene rings is 1. The zero-order chi connectivity index (χ0) is 13.7. The van der Waals surface area contributed by atoms with E-state index in [-0.39, 0.29) is 4.21 Å². The van der Waals surface area contributed by atoms with E-state index in [1.807, 2.05) is 0 Å². The van der Waals surface area contributed by atoms with Crippen molar-refractivity contribution in [3.05, 3.63) is 17.3 Å². The van der Waals surface area contributed by atoms with Crippen molar-refractivity contribution in [2.24, 2.45) is 11.7 Å². The van der Waals surface area contributed by atoms with E-state index in [1.165, 1.54) is 15.8 Å². The van der Waals surface area contributed by atoms with Crippen molar-refractivity contribution in [3.63, 3.8) is 0 Å². The van der Waals surface area contributed by atoms with Crippen LogP contribution in [0.25, 0.3) is 0 Å². The van der Waals surface area contributed by atoms with Crippen molar-refractivity contribution in [2.45, 2.75) is 35.4 Å². The Morgan fingerprint density at radius 2 is 2.16 bits per heavy atom. The van der Waals surface area contributed by atoms with Gasteiger partial charge in [0.1, 0.15) is 0 Å². The Kier molecular flexibility index (Phi) is 3.20. The number of nitrogens with zero attached hydrogens (tertiary/aromatic N) is 1. The summed E-state index contributed by atoms with van der Waals surface area (Å²) < 4.78 is 40.3. The molecule has 0 spiro atoms. The van der Waals surface area contributed by atoms with E-state index in [0.717, 1.165) is 37.0 Å². The molecule has 0 unspecified atom stereocenters. The van der Waals surface area contributed by atoms with Gasteiger partial charge in [-0.3, -0.25) is 0 Å². The van der Waals surface area contributed by atoms with Gasteiger partial charge in [0.05, 0.1) is 0 Å². The summed E-state index contributed by atoms with van der Waals surface area (Å²) in [6.45, 7) is 0.794. The summed E-state index contributed by atoms with van der Waals surface area (Å²) >= 11 is 0.941. The predicted molar refractivity (Wildman–Crippen MR) is 71.9 cm³/mol. The largest absolute Gasteiger partial charge is 0.329 e. The van der Waals surface area contributed by atoms with Gasteiger partial charge in [0.15, 0.2) is 10.0 Å². The van der Waals surface area contributed by atoms with Gasteiger partial charge in [-0.05, 0) is 43.0 Å². The zero-order valence-corrected chi connectivity index (χ0v) is 12.1. The molecule has 19 heavy (non-hydrogen) atoms. The molecule has 2 aliphatic heterocycles. The fourth-order valence-corrected chi connectivity index (χ4v) is 6.40. The van der Waals surface area contributed by atoms with Crippen LogP contribution in [-0.4, -0.2) is 31.4 Å². The van der Waals surface area contributed by atoms with Gasteiger partial charge in [0, 0.05) is 18.6 Å². The molecule has 1 aromatic rings. The predicted octanol–water partition coefficient (Wildman–Crippen LogP) is 1.78. The molecule has 2 N–H and O–H groups in total. The highest BCUT2D eigenvalue weighted by Crippen LogP contribution is 2.45. The summed E-state index contributed by atoms with van der Waals surface area (Å²) in [5.41, 5.74) is 5.36. The minimum absolute atomic E-state index is 0.173. The van der Waals surface area contributed by atoms with Crippen LogP contribution in [0.1, 0.15) is 25.7 Å². The first kappa shape index (κ1) is 13.5. The number of nitrogens with two attached hydrogens (primary N) is 1. The molecule has 3 aliphatic rings. The number of sulfonamides is 1. The van der Waals surface area contributed by atoms with Crippen molar-refractivity contribution in [1.82, 2.24) is 4.31 Å². The third kappa shape index (κ3) is 1.94. The smallest absolute Gasteiger partial charge is 0.256 e. The molecule has 7 heteroatoms. The molecule has 0 aromatic carbocycles. The van der Waals surface area contributed by atoms with Gasteiger partial charge in [0.2, 0.25) is 0 Å². The van der Waals surface area contributed by atoms with Crippen LogP contribution >= 0.6 is 11.3 Å². The Bertz CT molecular complexity index is 576.